The van der Waals surface area contributed by atoms with Gasteiger partial charge in [0.2, 0.25) is 10.0 Å². The van der Waals surface area contributed by atoms with E-state index in [1.807, 2.05) is 19.1 Å². The predicted molar refractivity (Wildman–Crippen MR) is 79.2 cm³/mol. The fraction of sp³-hybridized carbons (Fsp3) is 0.538. The van der Waals surface area contributed by atoms with Gasteiger partial charge in [-0.05, 0) is 18.6 Å². The van der Waals surface area contributed by atoms with Crippen LogP contribution >= 0.6 is 0 Å². The van der Waals surface area contributed by atoms with E-state index in [0.29, 0.717) is 26.2 Å². The molecule has 0 aliphatic carbocycles. The molecule has 0 spiro atoms. The number of nitrogens with one attached hydrogen (secondary N) is 1. The molecule has 1 saturated heterocycles. The third-order valence-electron chi connectivity index (χ3n) is 3.52. The van der Waals surface area contributed by atoms with Gasteiger partial charge >= 0.3 is 6.03 Å². The molecule has 1 aromatic heterocycles. The Labute approximate surface area is 125 Å². The Kier molecular flexibility index (Phi) is 4.79. The minimum atomic E-state index is -3.17. The summed E-state index contributed by atoms with van der Waals surface area (Å²) in [5, 5.41) is 2.90. The Balaban J connectivity index is 1.88. The van der Waals surface area contributed by atoms with Gasteiger partial charge in [0.05, 0.1) is 12.3 Å². The fourth-order valence-electron chi connectivity index (χ4n) is 2.21. The van der Waals surface area contributed by atoms with Crippen LogP contribution in [0.1, 0.15) is 18.5 Å². The lowest BCUT2D eigenvalue weighted by molar-refractivity contribution is 0.170. The highest BCUT2D eigenvalue weighted by molar-refractivity contribution is 7.88. The summed E-state index contributed by atoms with van der Waals surface area (Å²) in [6, 6.07) is 3.40. The molecule has 1 aromatic rings. The Morgan fingerprint density at radius 3 is 2.52 bits per heavy atom. The predicted octanol–water partition coefficient (Wildman–Crippen LogP) is 0.429. The summed E-state index contributed by atoms with van der Waals surface area (Å²) < 4.78 is 24.2. The van der Waals surface area contributed by atoms with Crippen molar-refractivity contribution in [3.63, 3.8) is 0 Å². The smallest absolute Gasteiger partial charge is 0.317 e. The molecule has 2 rings (SSSR count). The molecule has 1 aliphatic heterocycles. The largest absolute Gasteiger partial charge is 0.331 e. The van der Waals surface area contributed by atoms with Crippen LogP contribution in [-0.2, 0) is 10.0 Å². The maximum atomic E-state index is 12.2. The summed E-state index contributed by atoms with van der Waals surface area (Å²) in [6.07, 6.45) is 4.59. The molecule has 0 aromatic carbocycles. The van der Waals surface area contributed by atoms with Gasteiger partial charge in [-0.2, -0.15) is 4.31 Å². The number of piperazine rings is 1. The number of hydrogen-bond acceptors (Lipinski definition) is 4. The SMILES string of the molecule is C[C@H](NC(=O)N1CCN(S(C)(=O)=O)CC1)c1cccnc1. The monoisotopic (exact) mass is 312 g/mol. The molecule has 0 unspecified atom stereocenters. The molecule has 2 heterocycles. The summed E-state index contributed by atoms with van der Waals surface area (Å²) in [6.45, 7) is 3.38. The van der Waals surface area contributed by atoms with Gasteiger partial charge in [-0.3, -0.25) is 4.98 Å². The molecule has 0 radical (unpaired) electrons. The van der Waals surface area contributed by atoms with Crippen LogP contribution < -0.4 is 5.32 Å². The lowest BCUT2D eigenvalue weighted by Gasteiger charge is -2.33. The number of carbonyl (C=O) groups excluding carboxylic acids is 1. The number of pyridine rings is 1. The van der Waals surface area contributed by atoms with Crippen LogP contribution in [0.25, 0.3) is 0 Å². The Bertz CT molecular complexity index is 583. The van der Waals surface area contributed by atoms with Crippen LogP contribution in [0.15, 0.2) is 24.5 Å². The van der Waals surface area contributed by atoms with Gasteiger partial charge < -0.3 is 10.2 Å². The zero-order valence-electron chi connectivity index (χ0n) is 12.2. The van der Waals surface area contributed by atoms with Gasteiger partial charge in [0.1, 0.15) is 0 Å². The Hall–Kier alpha value is -1.67. The highest BCUT2D eigenvalue weighted by atomic mass is 32.2. The van der Waals surface area contributed by atoms with Crippen LogP contribution in [0.3, 0.4) is 0 Å². The van der Waals surface area contributed by atoms with E-state index in [1.54, 1.807) is 17.3 Å². The average Bonchev–Trinajstić information content (AvgIpc) is 2.47. The molecule has 21 heavy (non-hydrogen) atoms. The van der Waals surface area contributed by atoms with E-state index in [4.69, 9.17) is 0 Å². The van der Waals surface area contributed by atoms with Crippen molar-refractivity contribution in [1.82, 2.24) is 19.5 Å². The molecule has 1 N–H and O–H groups in total. The van der Waals surface area contributed by atoms with Crippen LogP contribution in [0.2, 0.25) is 0 Å². The van der Waals surface area contributed by atoms with E-state index >= 15 is 0 Å². The third-order valence-corrected chi connectivity index (χ3v) is 4.82. The van der Waals surface area contributed by atoms with Crippen molar-refractivity contribution in [2.24, 2.45) is 0 Å². The second-order valence-electron chi connectivity index (χ2n) is 5.11. The second kappa shape index (κ2) is 6.40. The maximum Gasteiger partial charge on any atom is 0.317 e. The van der Waals surface area contributed by atoms with Gasteiger partial charge in [0.15, 0.2) is 0 Å². The minimum Gasteiger partial charge on any atom is -0.331 e. The first kappa shape index (κ1) is 15.7. The van der Waals surface area contributed by atoms with Gasteiger partial charge in [-0.1, -0.05) is 6.07 Å². The summed E-state index contributed by atoms with van der Waals surface area (Å²) in [7, 11) is -3.17. The van der Waals surface area contributed by atoms with Crippen molar-refractivity contribution in [3.8, 4) is 0 Å². The molecular formula is C13H20N4O3S. The quantitative estimate of drug-likeness (QED) is 0.877. The highest BCUT2D eigenvalue weighted by Gasteiger charge is 2.26. The van der Waals surface area contributed by atoms with E-state index in [-0.39, 0.29) is 12.1 Å². The molecule has 1 fully saturated rings. The number of nitrogens with zero attached hydrogens (tertiary/aromatic N) is 3. The van der Waals surface area contributed by atoms with Crippen molar-refractivity contribution in [2.45, 2.75) is 13.0 Å². The number of urea groups is 1. The van der Waals surface area contributed by atoms with Crippen molar-refractivity contribution in [2.75, 3.05) is 32.4 Å². The maximum absolute atomic E-state index is 12.2. The number of carbonyl (C=O) groups is 1. The van der Waals surface area contributed by atoms with E-state index < -0.39 is 10.0 Å². The first-order valence-electron chi connectivity index (χ1n) is 6.78. The van der Waals surface area contributed by atoms with Gasteiger partial charge in [0.25, 0.3) is 0 Å². The zero-order valence-corrected chi connectivity index (χ0v) is 13.0. The molecule has 1 atom stereocenters. The van der Waals surface area contributed by atoms with E-state index in [2.05, 4.69) is 10.3 Å². The molecule has 116 valence electrons. The lowest BCUT2D eigenvalue weighted by Crippen LogP contribution is -2.53. The zero-order chi connectivity index (χ0) is 15.5. The van der Waals surface area contributed by atoms with Crippen molar-refractivity contribution in [1.29, 1.82) is 0 Å². The first-order chi connectivity index (χ1) is 9.88. The fourth-order valence-corrected chi connectivity index (χ4v) is 3.04. The Morgan fingerprint density at radius 2 is 2.00 bits per heavy atom. The Morgan fingerprint density at radius 1 is 1.33 bits per heavy atom. The van der Waals surface area contributed by atoms with Crippen molar-refractivity contribution >= 4 is 16.1 Å². The average molecular weight is 312 g/mol. The van der Waals surface area contributed by atoms with E-state index in [1.165, 1.54) is 10.6 Å². The molecular weight excluding hydrogens is 292 g/mol. The molecule has 2 amide bonds. The molecule has 0 bridgehead atoms. The third kappa shape index (κ3) is 4.15. The summed E-state index contributed by atoms with van der Waals surface area (Å²) in [5.41, 5.74) is 0.931. The van der Waals surface area contributed by atoms with Crippen LogP contribution in [0.5, 0.6) is 0 Å². The molecule has 0 saturated carbocycles. The van der Waals surface area contributed by atoms with Crippen LogP contribution in [-0.4, -0.2) is 61.1 Å². The van der Waals surface area contributed by atoms with Crippen LogP contribution in [0, 0.1) is 0 Å². The second-order valence-corrected chi connectivity index (χ2v) is 7.09. The highest BCUT2D eigenvalue weighted by Crippen LogP contribution is 2.12. The van der Waals surface area contributed by atoms with Gasteiger partial charge in [-0.25, -0.2) is 13.2 Å². The number of amides is 2. The van der Waals surface area contributed by atoms with Crippen molar-refractivity contribution in [3.05, 3.63) is 30.1 Å². The number of hydrogen-bond donors (Lipinski definition) is 1. The standard InChI is InChI=1S/C13H20N4O3S/c1-11(12-4-3-5-14-10-12)15-13(18)16-6-8-17(9-7-16)21(2,19)20/h3-5,10-11H,6-9H2,1-2H3,(H,15,18)/t11-/m0/s1. The molecule has 1 aliphatic rings. The number of aromatic nitrogens is 1. The van der Waals surface area contributed by atoms with E-state index in [9.17, 15) is 13.2 Å². The summed E-state index contributed by atoms with van der Waals surface area (Å²) in [5.74, 6) is 0. The first-order valence-corrected chi connectivity index (χ1v) is 8.63. The molecule has 8 heteroatoms. The lowest BCUT2D eigenvalue weighted by atomic mass is 10.1. The summed E-state index contributed by atoms with van der Waals surface area (Å²) >= 11 is 0. The number of rotatable bonds is 3. The topological polar surface area (TPSA) is 82.6 Å². The normalized spacial score (nSPS) is 18.3. The summed E-state index contributed by atoms with van der Waals surface area (Å²) in [4.78, 5) is 17.8. The van der Waals surface area contributed by atoms with Crippen LogP contribution in [0.4, 0.5) is 4.79 Å². The van der Waals surface area contributed by atoms with E-state index in [0.717, 1.165) is 5.56 Å². The van der Waals surface area contributed by atoms with Crippen molar-refractivity contribution < 1.29 is 13.2 Å². The van der Waals surface area contributed by atoms with Gasteiger partial charge in [-0.15, -0.1) is 0 Å². The van der Waals surface area contributed by atoms with Gasteiger partial charge in [0, 0.05) is 38.6 Å². The minimum absolute atomic E-state index is 0.140. The molecule has 7 nitrogen and oxygen atoms in total. The number of sulfonamides is 1.